The molecule has 0 fully saturated rings. The Labute approximate surface area is 455 Å². The summed E-state index contributed by atoms with van der Waals surface area (Å²) in [7, 11) is -1.44. The molecule has 0 aliphatic rings. The third-order valence-corrected chi connectivity index (χ3v) is 17.0. The van der Waals surface area contributed by atoms with Crippen molar-refractivity contribution >= 4 is 30.3 Å². The maximum atomic E-state index is 2.41. The highest BCUT2D eigenvalue weighted by atomic mass is 28.3. The Bertz CT molecular complexity index is 3750. The molecule has 0 radical (unpaired) electrons. The fraction of sp³-hybridized carbons (Fsp3) is 0.0400. The summed E-state index contributed by atoms with van der Waals surface area (Å²) in [5.41, 5.74) is 24.7. The van der Waals surface area contributed by atoms with Crippen LogP contribution in [0.1, 0.15) is 0 Å². The van der Waals surface area contributed by atoms with Gasteiger partial charge in [0.05, 0.1) is 8.07 Å². The van der Waals surface area contributed by atoms with Crippen molar-refractivity contribution in [3.63, 3.8) is 0 Å². The number of rotatable bonds is 13. The van der Waals surface area contributed by atoms with Gasteiger partial charge in [0.15, 0.2) is 0 Å². The predicted molar refractivity (Wildman–Crippen MR) is 333 cm³/mol. The lowest BCUT2D eigenvalue weighted by molar-refractivity contribution is 1.28. The van der Waals surface area contributed by atoms with E-state index < -0.39 is 8.07 Å². The molecule has 0 amide bonds. The topological polar surface area (TPSA) is 3.24 Å². The third-order valence-electron chi connectivity index (χ3n) is 14.9. The highest BCUT2D eigenvalue weighted by Crippen LogP contribution is 2.43. The second kappa shape index (κ2) is 21.5. The quantitative estimate of drug-likeness (QED) is 0.104. The Kier molecular flexibility index (Phi) is 13.6. The van der Waals surface area contributed by atoms with Crippen molar-refractivity contribution in [1.29, 1.82) is 0 Å². The zero-order chi connectivity index (χ0) is 52.1. The maximum Gasteiger partial charge on any atom is 0.0775 e. The van der Waals surface area contributed by atoms with Gasteiger partial charge in [-0.3, -0.25) is 0 Å². The van der Waals surface area contributed by atoms with Crippen LogP contribution in [0.25, 0.3) is 100 Å². The van der Waals surface area contributed by atoms with Gasteiger partial charge < -0.3 is 4.90 Å². The van der Waals surface area contributed by atoms with E-state index in [2.05, 4.69) is 328 Å². The molecule has 368 valence electrons. The zero-order valence-corrected chi connectivity index (χ0v) is 44.8. The zero-order valence-electron chi connectivity index (χ0n) is 43.8. The summed E-state index contributed by atoms with van der Waals surface area (Å²) in [4.78, 5) is 2.39. The first-order chi connectivity index (χ1) is 37.8. The van der Waals surface area contributed by atoms with E-state index in [0.717, 1.165) is 33.8 Å². The molecule has 2 heteroatoms. The van der Waals surface area contributed by atoms with Gasteiger partial charge in [-0.1, -0.05) is 274 Å². The average Bonchev–Trinajstić information content (AvgIpc) is 3.51. The molecule has 0 atom stereocenters. The van der Waals surface area contributed by atoms with Crippen molar-refractivity contribution in [3.05, 3.63) is 303 Å². The summed E-state index contributed by atoms with van der Waals surface area (Å²) in [6.45, 7) is 7.22. The van der Waals surface area contributed by atoms with Crippen LogP contribution in [0.2, 0.25) is 19.6 Å². The second-order valence-corrected chi connectivity index (χ2v) is 26.0. The molecule has 1 nitrogen and oxygen atoms in total. The van der Waals surface area contributed by atoms with E-state index in [9.17, 15) is 0 Å². The molecule has 0 unspecified atom stereocenters. The molecule has 0 aliphatic carbocycles. The summed E-state index contributed by atoms with van der Waals surface area (Å²) in [6, 6.07) is 111. The molecule has 0 bridgehead atoms. The van der Waals surface area contributed by atoms with E-state index in [4.69, 9.17) is 0 Å². The highest BCUT2D eigenvalue weighted by molar-refractivity contribution is 6.88. The molecule has 12 aromatic rings. The van der Waals surface area contributed by atoms with Crippen LogP contribution in [-0.2, 0) is 0 Å². The minimum Gasteiger partial charge on any atom is -0.311 e. The molecule has 12 rings (SSSR count). The van der Waals surface area contributed by atoms with Crippen LogP contribution in [0.3, 0.4) is 0 Å². The first kappa shape index (κ1) is 48.6. The first-order valence-electron chi connectivity index (χ1n) is 26.7. The van der Waals surface area contributed by atoms with Crippen LogP contribution in [0.15, 0.2) is 303 Å². The van der Waals surface area contributed by atoms with E-state index in [0.29, 0.717) is 0 Å². The minimum atomic E-state index is -1.44. The summed E-state index contributed by atoms with van der Waals surface area (Å²) in [5.74, 6) is 0. The Hall–Kier alpha value is -9.34. The van der Waals surface area contributed by atoms with Gasteiger partial charge in [-0.15, -0.1) is 0 Å². The molecular formula is C75H59NSi. The Morgan fingerprint density at radius 2 is 0.416 bits per heavy atom. The molecule has 77 heavy (non-hydrogen) atoms. The van der Waals surface area contributed by atoms with Crippen molar-refractivity contribution in [3.8, 4) is 100 Å². The van der Waals surface area contributed by atoms with Crippen molar-refractivity contribution in [1.82, 2.24) is 0 Å². The summed E-state index contributed by atoms with van der Waals surface area (Å²) >= 11 is 0. The molecular weight excluding hydrogens is 943 g/mol. The molecule has 0 aliphatic heterocycles. The summed E-state index contributed by atoms with van der Waals surface area (Å²) in [6.07, 6.45) is 0. The van der Waals surface area contributed by atoms with E-state index in [1.54, 1.807) is 0 Å². The number of nitrogens with zero attached hydrogens (tertiary/aromatic N) is 1. The minimum absolute atomic E-state index is 1.07. The van der Waals surface area contributed by atoms with Crippen LogP contribution < -0.4 is 10.1 Å². The lowest BCUT2D eigenvalue weighted by Crippen LogP contribution is -2.37. The molecule has 0 N–H and O–H groups in total. The van der Waals surface area contributed by atoms with E-state index >= 15 is 0 Å². The number of anilines is 3. The average molecular weight is 1000 g/mol. The lowest BCUT2D eigenvalue weighted by atomic mass is 9.90. The smallest absolute Gasteiger partial charge is 0.0775 e. The number of hydrogen-bond acceptors (Lipinski definition) is 1. The van der Waals surface area contributed by atoms with Gasteiger partial charge >= 0.3 is 0 Å². The number of hydrogen-bond donors (Lipinski definition) is 0. The van der Waals surface area contributed by atoms with E-state index in [-0.39, 0.29) is 0 Å². The molecule has 0 heterocycles. The van der Waals surface area contributed by atoms with Gasteiger partial charge in [0.1, 0.15) is 0 Å². The molecule has 0 saturated carbocycles. The van der Waals surface area contributed by atoms with Gasteiger partial charge in [-0.2, -0.15) is 0 Å². The van der Waals surface area contributed by atoms with Crippen molar-refractivity contribution in [2.75, 3.05) is 4.90 Å². The van der Waals surface area contributed by atoms with Crippen LogP contribution in [0.5, 0.6) is 0 Å². The summed E-state index contributed by atoms with van der Waals surface area (Å²) < 4.78 is 0. The van der Waals surface area contributed by atoms with Gasteiger partial charge in [0, 0.05) is 17.1 Å². The third kappa shape index (κ3) is 10.4. The molecule has 12 aromatic carbocycles. The van der Waals surface area contributed by atoms with Gasteiger partial charge in [-0.05, 0) is 155 Å². The Balaban J connectivity index is 0.971. The standard InChI is InChI=1S/C75H59NSi/c1-77(2,3)69-46-35-56(36-47-69)65-39-50-72(59-27-17-8-18-28-59)75(53-65)62-33-44-68(45-34-62)76(66-40-29-60(30-41-66)73-51-63(54-19-9-4-10-20-54)37-48-70(73)57-23-13-6-14-24-57)67-42-31-61(32-43-67)74-52-64(55-21-11-5-12-22-55)38-49-71(74)58-25-15-7-16-26-58/h4-53H,1-3H3. The summed E-state index contributed by atoms with van der Waals surface area (Å²) in [5, 5.41) is 1.47. The van der Waals surface area contributed by atoms with Crippen LogP contribution in [0, 0.1) is 0 Å². The van der Waals surface area contributed by atoms with Crippen LogP contribution >= 0.6 is 0 Å². The van der Waals surface area contributed by atoms with Crippen molar-refractivity contribution < 1.29 is 0 Å². The van der Waals surface area contributed by atoms with Crippen LogP contribution in [0.4, 0.5) is 17.1 Å². The predicted octanol–water partition coefficient (Wildman–Crippen LogP) is 20.7. The van der Waals surface area contributed by atoms with E-state index in [1.807, 2.05) is 0 Å². The monoisotopic (exact) mass is 1000 g/mol. The molecule has 0 spiro atoms. The normalized spacial score (nSPS) is 11.3. The van der Waals surface area contributed by atoms with E-state index in [1.165, 1.54) is 88.6 Å². The highest BCUT2D eigenvalue weighted by Gasteiger charge is 2.20. The lowest BCUT2D eigenvalue weighted by Gasteiger charge is -2.26. The first-order valence-corrected chi connectivity index (χ1v) is 30.2. The fourth-order valence-corrected chi connectivity index (χ4v) is 11.9. The second-order valence-electron chi connectivity index (χ2n) is 20.9. The van der Waals surface area contributed by atoms with Gasteiger partial charge in [-0.25, -0.2) is 0 Å². The molecule has 0 aromatic heterocycles. The molecule has 0 saturated heterocycles. The van der Waals surface area contributed by atoms with Gasteiger partial charge in [0.2, 0.25) is 0 Å². The maximum absolute atomic E-state index is 2.41. The Morgan fingerprint density at radius 1 is 0.195 bits per heavy atom. The Morgan fingerprint density at radius 3 is 0.688 bits per heavy atom. The van der Waals surface area contributed by atoms with Crippen LogP contribution in [-0.4, -0.2) is 8.07 Å². The van der Waals surface area contributed by atoms with Gasteiger partial charge in [0.25, 0.3) is 0 Å². The largest absolute Gasteiger partial charge is 0.311 e. The number of benzene rings is 12. The fourth-order valence-electron chi connectivity index (χ4n) is 10.7. The SMILES string of the molecule is C[Si](C)(C)c1ccc(-c2ccc(-c3ccccc3)c(-c3ccc(N(c4ccc(-c5cc(-c6ccccc6)ccc5-c5ccccc5)cc4)c4ccc(-c5cc(-c6ccccc6)ccc5-c5ccccc5)cc4)cc3)c2)cc1. The van der Waals surface area contributed by atoms with Crippen molar-refractivity contribution in [2.24, 2.45) is 0 Å². The van der Waals surface area contributed by atoms with Crippen molar-refractivity contribution in [2.45, 2.75) is 19.6 Å².